The van der Waals surface area contributed by atoms with Gasteiger partial charge < -0.3 is 0 Å². The van der Waals surface area contributed by atoms with Crippen molar-refractivity contribution in [3.8, 4) is 0 Å². The Kier molecular flexibility index (Phi) is 2.08. The molecular weight excluding hydrogens is 176 g/mol. The molecule has 2 rings (SSSR count). The number of aromatic nitrogens is 2. The van der Waals surface area contributed by atoms with Gasteiger partial charge in [-0.05, 0) is 19.9 Å². The molecule has 0 unspecified atom stereocenters. The van der Waals surface area contributed by atoms with E-state index in [1.54, 1.807) is 0 Å². The number of aldehydes is 1. The molecule has 0 bridgehead atoms. The van der Waals surface area contributed by atoms with E-state index in [2.05, 4.69) is 5.10 Å². The van der Waals surface area contributed by atoms with Gasteiger partial charge in [-0.15, -0.1) is 0 Å². The summed E-state index contributed by atoms with van der Waals surface area (Å²) >= 11 is 0. The molecule has 2 aromatic rings. The van der Waals surface area contributed by atoms with Crippen molar-refractivity contribution in [2.24, 2.45) is 0 Å². The van der Waals surface area contributed by atoms with Gasteiger partial charge in [0.2, 0.25) is 0 Å². The molecule has 0 saturated carbocycles. The van der Waals surface area contributed by atoms with Crippen molar-refractivity contribution in [2.75, 3.05) is 0 Å². The first-order valence-electron chi connectivity index (χ1n) is 4.69. The van der Waals surface area contributed by atoms with Crippen molar-refractivity contribution < 1.29 is 4.79 Å². The van der Waals surface area contributed by atoms with Crippen molar-refractivity contribution in [3.63, 3.8) is 0 Å². The van der Waals surface area contributed by atoms with Crippen LogP contribution in [0.4, 0.5) is 0 Å². The van der Waals surface area contributed by atoms with Gasteiger partial charge in [0.05, 0.1) is 11.2 Å². The fourth-order valence-corrected chi connectivity index (χ4v) is 1.75. The van der Waals surface area contributed by atoms with Crippen LogP contribution in [0.15, 0.2) is 18.2 Å². The number of aryl methyl sites for hydroxylation is 2. The minimum absolute atomic E-state index is 0.713. The van der Waals surface area contributed by atoms with Crippen molar-refractivity contribution in [3.05, 3.63) is 29.5 Å². The van der Waals surface area contributed by atoms with Crippen LogP contribution in [0.25, 0.3) is 10.9 Å². The fraction of sp³-hybridized carbons (Fsp3) is 0.273. The number of hydrogen-bond donors (Lipinski definition) is 0. The van der Waals surface area contributed by atoms with Gasteiger partial charge in [-0.25, -0.2) is 0 Å². The number of nitrogens with zero attached hydrogens (tertiary/aromatic N) is 2. The Morgan fingerprint density at radius 2 is 2.29 bits per heavy atom. The lowest BCUT2D eigenvalue weighted by atomic mass is 10.1. The maximum Gasteiger partial charge on any atom is 0.152 e. The average molecular weight is 188 g/mol. The van der Waals surface area contributed by atoms with Crippen LogP contribution in [0.1, 0.15) is 23.0 Å². The van der Waals surface area contributed by atoms with E-state index in [9.17, 15) is 4.79 Å². The summed E-state index contributed by atoms with van der Waals surface area (Å²) in [4.78, 5) is 10.9. The highest BCUT2D eigenvalue weighted by Crippen LogP contribution is 2.20. The van der Waals surface area contributed by atoms with E-state index in [0.29, 0.717) is 5.56 Å². The summed E-state index contributed by atoms with van der Waals surface area (Å²) in [5.41, 5.74) is 2.64. The number of benzene rings is 1. The maximum absolute atomic E-state index is 10.9. The SMILES string of the molecule is CCn1nc(C)c2cccc(C=O)c21. The molecule has 1 heterocycles. The largest absolute Gasteiger partial charge is 0.298 e. The molecule has 0 aliphatic heterocycles. The summed E-state index contributed by atoms with van der Waals surface area (Å²) in [6.07, 6.45) is 0.885. The third-order valence-corrected chi connectivity index (χ3v) is 2.41. The zero-order valence-electron chi connectivity index (χ0n) is 8.32. The summed E-state index contributed by atoms with van der Waals surface area (Å²) < 4.78 is 1.87. The Morgan fingerprint density at radius 1 is 1.50 bits per heavy atom. The van der Waals surface area contributed by atoms with Gasteiger partial charge in [0.15, 0.2) is 6.29 Å². The van der Waals surface area contributed by atoms with E-state index in [-0.39, 0.29) is 0 Å². The molecule has 3 heteroatoms. The Labute approximate surface area is 82.3 Å². The van der Waals surface area contributed by atoms with Gasteiger partial charge in [-0.2, -0.15) is 5.10 Å². The Morgan fingerprint density at radius 3 is 2.93 bits per heavy atom. The normalized spacial score (nSPS) is 10.7. The molecule has 72 valence electrons. The lowest BCUT2D eigenvalue weighted by Gasteiger charge is -1.99. The number of para-hydroxylation sites is 1. The van der Waals surface area contributed by atoms with Crippen molar-refractivity contribution in [2.45, 2.75) is 20.4 Å². The van der Waals surface area contributed by atoms with Gasteiger partial charge in [-0.1, -0.05) is 12.1 Å². The molecule has 0 radical (unpaired) electrons. The molecule has 3 nitrogen and oxygen atoms in total. The van der Waals surface area contributed by atoms with Crippen LogP contribution in [0, 0.1) is 6.92 Å². The number of carbonyl (C=O) groups is 1. The minimum atomic E-state index is 0.713. The van der Waals surface area contributed by atoms with E-state index < -0.39 is 0 Å². The summed E-state index contributed by atoms with van der Waals surface area (Å²) in [5.74, 6) is 0. The van der Waals surface area contributed by atoms with Crippen molar-refractivity contribution >= 4 is 17.2 Å². The summed E-state index contributed by atoms with van der Waals surface area (Å²) in [5, 5.41) is 5.44. The van der Waals surface area contributed by atoms with Crippen molar-refractivity contribution in [1.82, 2.24) is 9.78 Å². The highest BCUT2D eigenvalue weighted by atomic mass is 16.1. The summed E-state index contributed by atoms with van der Waals surface area (Å²) in [6, 6.07) is 5.71. The smallest absolute Gasteiger partial charge is 0.152 e. The predicted molar refractivity (Wildman–Crippen MR) is 55.5 cm³/mol. The number of hydrogen-bond acceptors (Lipinski definition) is 2. The molecule has 0 N–H and O–H groups in total. The molecule has 0 aliphatic carbocycles. The third kappa shape index (κ3) is 1.13. The van der Waals surface area contributed by atoms with Crippen molar-refractivity contribution in [1.29, 1.82) is 0 Å². The molecule has 0 aliphatic rings. The molecule has 0 spiro atoms. The quantitative estimate of drug-likeness (QED) is 0.677. The fourth-order valence-electron chi connectivity index (χ4n) is 1.75. The second kappa shape index (κ2) is 3.25. The predicted octanol–water partition coefficient (Wildman–Crippen LogP) is 2.18. The van der Waals surface area contributed by atoms with Gasteiger partial charge in [0.25, 0.3) is 0 Å². The standard InChI is InChI=1S/C11H12N2O/c1-3-13-11-9(7-14)5-4-6-10(11)8(2)12-13/h4-7H,3H2,1-2H3. The molecule has 1 aromatic heterocycles. The zero-order valence-corrected chi connectivity index (χ0v) is 8.32. The average Bonchev–Trinajstić information content (AvgIpc) is 2.56. The molecule has 0 atom stereocenters. The molecule has 0 fully saturated rings. The first-order chi connectivity index (χ1) is 6.77. The number of fused-ring (bicyclic) bond motifs is 1. The van der Waals surface area contributed by atoms with Gasteiger partial charge in [0, 0.05) is 17.5 Å². The Balaban J connectivity index is 2.89. The molecule has 14 heavy (non-hydrogen) atoms. The van der Waals surface area contributed by atoms with Crippen LogP contribution in [0.3, 0.4) is 0 Å². The highest BCUT2D eigenvalue weighted by molar-refractivity contribution is 5.96. The van der Waals surface area contributed by atoms with Gasteiger partial charge in [-0.3, -0.25) is 9.48 Å². The number of rotatable bonds is 2. The lowest BCUT2D eigenvalue weighted by Crippen LogP contribution is -1.98. The van der Waals surface area contributed by atoms with E-state index in [4.69, 9.17) is 0 Å². The van der Waals surface area contributed by atoms with E-state index in [0.717, 1.165) is 29.4 Å². The Bertz CT molecular complexity index is 485. The van der Waals surface area contributed by atoms with Gasteiger partial charge in [0.1, 0.15) is 0 Å². The minimum Gasteiger partial charge on any atom is -0.298 e. The van der Waals surface area contributed by atoms with Crippen LogP contribution >= 0.6 is 0 Å². The number of carbonyl (C=O) groups excluding carboxylic acids is 1. The monoisotopic (exact) mass is 188 g/mol. The second-order valence-electron chi connectivity index (χ2n) is 3.26. The molecule has 1 aromatic carbocycles. The van der Waals surface area contributed by atoms with E-state index in [1.807, 2.05) is 36.7 Å². The Hall–Kier alpha value is -1.64. The summed E-state index contributed by atoms with van der Waals surface area (Å²) in [7, 11) is 0. The third-order valence-electron chi connectivity index (χ3n) is 2.41. The highest BCUT2D eigenvalue weighted by Gasteiger charge is 2.09. The topological polar surface area (TPSA) is 34.9 Å². The van der Waals surface area contributed by atoms with E-state index in [1.165, 1.54) is 0 Å². The first kappa shape index (κ1) is 8.94. The molecule has 0 amide bonds. The van der Waals surface area contributed by atoms with Gasteiger partial charge >= 0.3 is 0 Å². The van der Waals surface area contributed by atoms with E-state index >= 15 is 0 Å². The van der Waals surface area contributed by atoms with Crippen LogP contribution in [0.2, 0.25) is 0 Å². The maximum atomic E-state index is 10.9. The molecular formula is C11H12N2O. The zero-order chi connectivity index (χ0) is 10.1. The molecule has 0 saturated heterocycles. The van der Waals surface area contributed by atoms with Crippen LogP contribution in [0.5, 0.6) is 0 Å². The first-order valence-corrected chi connectivity index (χ1v) is 4.69. The summed E-state index contributed by atoms with van der Waals surface area (Å²) in [6.45, 7) is 4.77. The van der Waals surface area contributed by atoms with Crippen LogP contribution < -0.4 is 0 Å². The van der Waals surface area contributed by atoms with Crippen LogP contribution in [-0.4, -0.2) is 16.1 Å². The second-order valence-corrected chi connectivity index (χ2v) is 3.26. The van der Waals surface area contributed by atoms with Crippen LogP contribution in [-0.2, 0) is 6.54 Å². The lowest BCUT2D eigenvalue weighted by molar-refractivity contribution is 0.112.